The van der Waals surface area contributed by atoms with Crippen LogP contribution in [0.1, 0.15) is 37.3 Å². The highest BCUT2D eigenvalue weighted by molar-refractivity contribution is 7.92. The van der Waals surface area contributed by atoms with Crippen molar-refractivity contribution in [3.8, 4) is 11.1 Å². The first-order valence-electron chi connectivity index (χ1n) is 11.4. The quantitative estimate of drug-likeness (QED) is 0.433. The number of H-pyrrole nitrogens is 1. The molecule has 9 nitrogen and oxygen atoms in total. The highest BCUT2D eigenvalue weighted by Crippen LogP contribution is 2.38. The summed E-state index contributed by atoms with van der Waals surface area (Å²) in [6.45, 7) is 0. The van der Waals surface area contributed by atoms with Crippen molar-refractivity contribution in [2.45, 2.75) is 48.7 Å². The zero-order chi connectivity index (χ0) is 27.0. The molecule has 200 valence electrons. The molecular weight excluding hydrogens is 535 g/mol. The molecule has 1 saturated carbocycles. The lowest BCUT2D eigenvalue weighted by molar-refractivity contribution is -0.192. The van der Waals surface area contributed by atoms with Crippen LogP contribution in [-0.2, 0) is 24.7 Å². The molecule has 1 aliphatic carbocycles. The van der Waals surface area contributed by atoms with Crippen molar-refractivity contribution in [2.75, 3.05) is 11.5 Å². The monoisotopic (exact) mass is 559 g/mol. The molecule has 1 saturated heterocycles. The Labute approximate surface area is 211 Å². The first kappa shape index (κ1) is 27.1. The average molecular weight is 560 g/mol. The molecule has 3 N–H and O–H groups in total. The molecule has 3 heterocycles. The number of hydrogen-bond donors (Lipinski definition) is 3. The zero-order valence-electron chi connectivity index (χ0n) is 19.3. The van der Waals surface area contributed by atoms with Gasteiger partial charge in [0.1, 0.15) is 5.65 Å². The second-order valence-electron chi connectivity index (χ2n) is 9.02. The Hall–Kier alpha value is -2.97. The molecule has 2 aliphatic rings. The molecule has 2 fully saturated rings. The molecule has 1 unspecified atom stereocenters. The number of halogens is 3. The Morgan fingerprint density at radius 1 is 1.11 bits per heavy atom. The van der Waals surface area contributed by atoms with Gasteiger partial charge in [0, 0.05) is 23.3 Å². The number of sulfonamides is 1. The fourth-order valence-electron chi connectivity index (χ4n) is 4.23. The van der Waals surface area contributed by atoms with Crippen LogP contribution in [0.2, 0.25) is 0 Å². The standard InChI is InChI=1S/C21H23N3O4S2.C2HF3O2/c25-29(26)11-9-16(13-29)24-30(27,28)17-6-4-14(5-7-17)18-8-10-22-21-19(18)12-20(23-21)15-2-1-3-15;3-2(4,5)1(6)7/h4-8,10,12,15-16,24H,1-3,9,11,13H2,(H,22,23);(H,6,7). The number of aliphatic carboxylic acids is 1. The van der Waals surface area contributed by atoms with E-state index >= 15 is 0 Å². The summed E-state index contributed by atoms with van der Waals surface area (Å²) in [4.78, 5) is 16.9. The van der Waals surface area contributed by atoms with Gasteiger partial charge >= 0.3 is 12.1 Å². The van der Waals surface area contributed by atoms with Gasteiger partial charge in [-0.2, -0.15) is 13.2 Å². The van der Waals surface area contributed by atoms with Gasteiger partial charge < -0.3 is 10.1 Å². The number of sulfone groups is 1. The van der Waals surface area contributed by atoms with Gasteiger partial charge in [0.25, 0.3) is 0 Å². The van der Waals surface area contributed by atoms with Crippen LogP contribution >= 0.6 is 0 Å². The van der Waals surface area contributed by atoms with Crippen LogP contribution in [0.3, 0.4) is 0 Å². The molecular formula is C23H24F3N3O6S2. The lowest BCUT2D eigenvalue weighted by atomic mass is 9.83. The van der Waals surface area contributed by atoms with Gasteiger partial charge in [-0.25, -0.2) is 31.3 Å². The Kier molecular flexibility index (Phi) is 7.36. The molecule has 1 aliphatic heterocycles. The van der Waals surface area contributed by atoms with E-state index in [-0.39, 0.29) is 16.4 Å². The normalized spacial score (nSPS) is 19.7. The van der Waals surface area contributed by atoms with Crippen LogP contribution in [-0.4, -0.2) is 61.6 Å². The smallest absolute Gasteiger partial charge is 0.475 e. The zero-order valence-corrected chi connectivity index (χ0v) is 21.0. The van der Waals surface area contributed by atoms with E-state index in [1.54, 1.807) is 30.5 Å². The number of benzene rings is 1. The number of alkyl halides is 3. The Morgan fingerprint density at radius 3 is 2.27 bits per heavy atom. The van der Waals surface area contributed by atoms with Crippen molar-refractivity contribution in [2.24, 2.45) is 0 Å². The van der Waals surface area contributed by atoms with E-state index in [9.17, 15) is 30.0 Å². The van der Waals surface area contributed by atoms with Crippen molar-refractivity contribution in [1.82, 2.24) is 14.7 Å². The van der Waals surface area contributed by atoms with Gasteiger partial charge in [-0.1, -0.05) is 18.6 Å². The van der Waals surface area contributed by atoms with Crippen molar-refractivity contribution >= 4 is 36.9 Å². The SMILES string of the molecule is O=C(O)C(F)(F)F.O=S1(=O)CCC(NS(=O)(=O)c2ccc(-c3ccnc4[nH]c(C5CCC5)cc34)cc2)C1. The van der Waals surface area contributed by atoms with Gasteiger partial charge in [0.15, 0.2) is 9.84 Å². The van der Waals surface area contributed by atoms with E-state index in [0.29, 0.717) is 12.3 Å². The van der Waals surface area contributed by atoms with Gasteiger partial charge in [-0.05, 0) is 60.6 Å². The van der Waals surface area contributed by atoms with Crippen LogP contribution in [0.25, 0.3) is 22.2 Å². The molecule has 1 atom stereocenters. The number of aromatic amines is 1. The van der Waals surface area contributed by atoms with E-state index < -0.39 is 38.0 Å². The Morgan fingerprint density at radius 2 is 1.76 bits per heavy atom. The maximum absolute atomic E-state index is 12.7. The van der Waals surface area contributed by atoms with Gasteiger partial charge in [-0.3, -0.25) is 0 Å². The number of nitrogens with one attached hydrogen (secondary N) is 2. The van der Waals surface area contributed by atoms with E-state index in [4.69, 9.17) is 9.90 Å². The topological polar surface area (TPSA) is 146 Å². The summed E-state index contributed by atoms with van der Waals surface area (Å²) in [5.41, 5.74) is 3.96. The number of carbonyl (C=O) groups is 1. The second-order valence-corrected chi connectivity index (χ2v) is 13.0. The van der Waals surface area contributed by atoms with Gasteiger partial charge in [-0.15, -0.1) is 0 Å². The van der Waals surface area contributed by atoms with Crippen molar-refractivity contribution in [1.29, 1.82) is 0 Å². The second kappa shape index (κ2) is 10.1. The average Bonchev–Trinajstić information content (AvgIpc) is 3.34. The third kappa shape index (κ3) is 6.30. The lowest BCUT2D eigenvalue weighted by Gasteiger charge is -2.23. The van der Waals surface area contributed by atoms with Gasteiger partial charge in [0.05, 0.1) is 16.4 Å². The molecule has 14 heteroatoms. The molecule has 1 aromatic carbocycles. The Balaban J connectivity index is 0.000000405. The summed E-state index contributed by atoms with van der Waals surface area (Å²) in [7, 11) is -6.92. The van der Waals surface area contributed by atoms with E-state index in [0.717, 1.165) is 22.2 Å². The number of nitrogens with zero attached hydrogens (tertiary/aromatic N) is 1. The minimum absolute atomic E-state index is 0.0245. The van der Waals surface area contributed by atoms with Crippen molar-refractivity contribution in [3.05, 3.63) is 48.3 Å². The molecule has 37 heavy (non-hydrogen) atoms. The number of carboxylic acids is 1. The highest BCUT2D eigenvalue weighted by Gasteiger charge is 2.38. The minimum atomic E-state index is -5.08. The van der Waals surface area contributed by atoms with Crippen LogP contribution < -0.4 is 4.72 Å². The van der Waals surface area contributed by atoms with E-state index in [1.165, 1.54) is 25.0 Å². The molecule has 0 radical (unpaired) electrons. The number of pyridine rings is 1. The van der Waals surface area contributed by atoms with E-state index in [2.05, 4.69) is 20.8 Å². The summed E-state index contributed by atoms with van der Waals surface area (Å²) < 4.78 is 82.8. The number of rotatable bonds is 5. The molecule has 0 spiro atoms. The Bertz CT molecular complexity index is 1510. The molecule has 5 rings (SSSR count). The maximum Gasteiger partial charge on any atom is 0.490 e. The fraction of sp³-hybridized carbons (Fsp3) is 0.391. The van der Waals surface area contributed by atoms with Crippen LogP contribution in [0, 0.1) is 0 Å². The highest BCUT2D eigenvalue weighted by atomic mass is 32.2. The summed E-state index contributed by atoms with van der Waals surface area (Å²) in [6, 6.07) is 10.2. The van der Waals surface area contributed by atoms with Crippen LogP contribution in [0.5, 0.6) is 0 Å². The van der Waals surface area contributed by atoms with Crippen LogP contribution in [0.15, 0.2) is 47.5 Å². The number of fused-ring (bicyclic) bond motifs is 1. The summed E-state index contributed by atoms with van der Waals surface area (Å²) >= 11 is 0. The van der Waals surface area contributed by atoms with Crippen molar-refractivity contribution in [3.63, 3.8) is 0 Å². The summed E-state index contributed by atoms with van der Waals surface area (Å²) in [5, 5.41) is 8.16. The first-order valence-corrected chi connectivity index (χ1v) is 14.7. The third-order valence-corrected chi connectivity index (χ3v) is 9.67. The van der Waals surface area contributed by atoms with E-state index in [1.807, 2.05) is 6.07 Å². The van der Waals surface area contributed by atoms with Crippen molar-refractivity contribution < 1.29 is 39.9 Å². The molecule has 2 aromatic heterocycles. The predicted octanol–water partition coefficient (Wildman–Crippen LogP) is 3.60. The molecule has 0 bridgehead atoms. The minimum Gasteiger partial charge on any atom is -0.475 e. The molecule has 0 amide bonds. The summed E-state index contributed by atoms with van der Waals surface area (Å²) in [6.07, 6.45) is 0.641. The summed E-state index contributed by atoms with van der Waals surface area (Å²) in [5.74, 6) is -2.30. The number of aromatic nitrogens is 2. The van der Waals surface area contributed by atoms with Crippen LogP contribution in [0.4, 0.5) is 13.2 Å². The first-order chi connectivity index (χ1) is 17.2. The maximum atomic E-state index is 12.7. The lowest BCUT2D eigenvalue weighted by Crippen LogP contribution is -2.35. The number of hydrogen-bond acceptors (Lipinski definition) is 6. The van der Waals surface area contributed by atoms with Gasteiger partial charge in [0.2, 0.25) is 10.0 Å². The largest absolute Gasteiger partial charge is 0.490 e. The third-order valence-electron chi connectivity index (χ3n) is 6.37. The fourth-order valence-corrected chi connectivity index (χ4v) is 7.28. The molecule has 3 aromatic rings. The predicted molar refractivity (Wildman–Crippen MR) is 129 cm³/mol. The number of carboxylic acid groups (broad SMARTS) is 1.